The molecule has 0 fully saturated rings. The minimum atomic E-state index is -0.331. The van der Waals surface area contributed by atoms with Crippen LogP contribution in [0, 0.1) is 6.92 Å². The van der Waals surface area contributed by atoms with Crippen LogP contribution >= 0.6 is 11.3 Å². The number of amides is 2. The Bertz CT molecular complexity index is 979. The Kier molecular flexibility index (Phi) is 8.03. The lowest BCUT2D eigenvalue weighted by molar-refractivity contribution is 0.0937. The van der Waals surface area contributed by atoms with Crippen molar-refractivity contribution < 1.29 is 14.0 Å². The zero-order chi connectivity index (χ0) is 22.2. The number of hydrogen-bond donors (Lipinski definition) is 2. The van der Waals surface area contributed by atoms with Gasteiger partial charge in [-0.05, 0) is 55.8 Å². The highest BCUT2D eigenvalue weighted by Crippen LogP contribution is 2.27. The fourth-order valence-electron chi connectivity index (χ4n) is 3.60. The molecule has 0 radical (unpaired) electrons. The summed E-state index contributed by atoms with van der Waals surface area (Å²) in [5.41, 5.74) is 2.09. The maximum atomic E-state index is 12.9. The van der Waals surface area contributed by atoms with Crippen LogP contribution in [0.2, 0.25) is 0 Å². The lowest BCUT2D eigenvalue weighted by Gasteiger charge is -2.30. The number of carbonyl (C=O) groups excluding carboxylic acids is 2. The number of carbonyl (C=O) groups is 2. The van der Waals surface area contributed by atoms with Gasteiger partial charge in [0, 0.05) is 12.6 Å². The Morgan fingerprint density at radius 3 is 2.45 bits per heavy atom. The summed E-state index contributed by atoms with van der Waals surface area (Å²) >= 11 is 1.27. The number of hydrogen-bond acceptors (Lipinski definition) is 5. The smallest absolute Gasteiger partial charge is 0.291 e. The van der Waals surface area contributed by atoms with Crippen LogP contribution in [0.1, 0.15) is 45.2 Å². The molecule has 7 heteroatoms. The summed E-state index contributed by atoms with van der Waals surface area (Å²) in [6.07, 6.45) is 2.33. The quantitative estimate of drug-likeness (QED) is 0.485. The predicted molar refractivity (Wildman–Crippen MR) is 125 cm³/mol. The summed E-state index contributed by atoms with van der Waals surface area (Å²) in [5, 5.41) is 6.51. The van der Waals surface area contributed by atoms with Crippen LogP contribution in [-0.2, 0) is 6.42 Å². The second-order valence-electron chi connectivity index (χ2n) is 7.33. The first kappa shape index (κ1) is 22.8. The summed E-state index contributed by atoms with van der Waals surface area (Å²) in [4.78, 5) is 28.1. The van der Waals surface area contributed by atoms with Gasteiger partial charge in [0.05, 0.1) is 16.1 Å². The van der Waals surface area contributed by atoms with Crippen LogP contribution in [0.4, 0.5) is 5.00 Å². The first-order chi connectivity index (χ1) is 15.0. The second-order valence-corrected chi connectivity index (χ2v) is 8.38. The number of nitrogens with one attached hydrogen (secondary N) is 2. The number of aryl methyl sites for hydroxylation is 1. The lowest BCUT2D eigenvalue weighted by Crippen LogP contribution is -2.45. The molecule has 2 N–H and O–H groups in total. The van der Waals surface area contributed by atoms with Gasteiger partial charge in [0.15, 0.2) is 5.76 Å². The largest absolute Gasteiger partial charge is 0.459 e. The molecule has 0 bridgehead atoms. The van der Waals surface area contributed by atoms with Crippen molar-refractivity contribution in [2.75, 3.05) is 25.0 Å². The molecule has 6 nitrogen and oxygen atoms in total. The van der Waals surface area contributed by atoms with Gasteiger partial charge in [0.25, 0.3) is 11.8 Å². The molecule has 0 saturated heterocycles. The van der Waals surface area contributed by atoms with Gasteiger partial charge in [-0.2, -0.15) is 0 Å². The Hall–Kier alpha value is -2.90. The Labute approximate surface area is 187 Å². The zero-order valence-corrected chi connectivity index (χ0v) is 19.0. The second kappa shape index (κ2) is 10.9. The normalized spacial score (nSPS) is 12.0. The van der Waals surface area contributed by atoms with E-state index in [1.165, 1.54) is 23.2 Å². The minimum Gasteiger partial charge on any atom is -0.459 e. The summed E-state index contributed by atoms with van der Waals surface area (Å²) < 4.78 is 5.12. The summed E-state index contributed by atoms with van der Waals surface area (Å²) in [5.74, 6) is -0.214. The highest BCUT2D eigenvalue weighted by molar-refractivity contribution is 7.18. The van der Waals surface area contributed by atoms with E-state index in [2.05, 4.69) is 41.5 Å². The molecule has 2 amide bonds. The standard InChI is InChI=1S/C24H29N3O3S/c1-4-27(5-2)19(15-18-10-7-6-8-11-18)16-25-24(29)22-17(3)14-21(31-22)26-23(28)20-12-9-13-30-20/h6-14,19H,4-5,15-16H2,1-3H3,(H,25,29)(H,26,28). The van der Waals surface area contributed by atoms with Crippen LogP contribution in [0.15, 0.2) is 59.2 Å². The predicted octanol–water partition coefficient (Wildman–Crippen LogP) is 4.58. The SMILES string of the molecule is CCN(CC)C(CNC(=O)c1sc(NC(=O)c2ccco2)cc1C)Cc1ccccc1. The van der Waals surface area contributed by atoms with Gasteiger partial charge in [-0.1, -0.05) is 44.2 Å². The van der Waals surface area contributed by atoms with Crippen molar-refractivity contribution in [3.63, 3.8) is 0 Å². The maximum Gasteiger partial charge on any atom is 0.291 e. The van der Waals surface area contributed by atoms with Crippen molar-refractivity contribution in [2.24, 2.45) is 0 Å². The Morgan fingerprint density at radius 1 is 1.06 bits per heavy atom. The first-order valence-corrected chi connectivity index (χ1v) is 11.3. The van der Waals surface area contributed by atoms with Crippen molar-refractivity contribution in [1.82, 2.24) is 10.2 Å². The van der Waals surface area contributed by atoms with E-state index in [1.807, 2.05) is 31.2 Å². The Morgan fingerprint density at radius 2 is 1.81 bits per heavy atom. The van der Waals surface area contributed by atoms with E-state index in [4.69, 9.17) is 4.42 Å². The first-order valence-electron chi connectivity index (χ1n) is 10.5. The van der Waals surface area contributed by atoms with Gasteiger partial charge < -0.3 is 15.1 Å². The van der Waals surface area contributed by atoms with Crippen molar-refractivity contribution in [1.29, 1.82) is 0 Å². The third-order valence-corrected chi connectivity index (χ3v) is 6.40. The van der Waals surface area contributed by atoms with Gasteiger partial charge >= 0.3 is 0 Å². The molecule has 164 valence electrons. The van der Waals surface area contributed by atoms with Crippen molar-refractivity contribution >= 4 is 28.2 Å². The fraction of sp³-hybridized carbons (Fsp3) is 0.333. The van der Waals surface area contributed by atoms with E-state index in [1.54, 1.807) is 12.1 Å². The third-order valence-electron chi connectivity index (χ3n) is 5.25. The average molecular weight is 440 g/mol. The van der Waals surface area contributed by atoms with Crippen LogP contribution in [-0.4, -0.2) is 42.4 Å². The van der Waals surface area contributed by atoms with Gasteiger partial charge in [-0.25, -0.2) is 0 Å². The molecular formula is C24H29N3O3S. The molecule has 3 rings (SSSR count). The molecule has 2 heterocycles. The van der Waals surface area contributed by atoms with Crippen molar-refractivity contribution in [3.05, 3.63) is 76.6 Å². The van der Waals surface area contributed by atoms with E-state index in [9.17, 15) is 9.59 Å². The van der Waals surface area contributed by atoms with Crippen LogP contribution < -0.4 is 10.6 Å². The van der Waals surface area contributed by atoms with E-state index >= 15 is 0 Å². The molecule has 0 saturated carbocycles. The molecule has 2 aromatic heterocycles. The molecule has 1 unspecified atom stereocenters. The number of benzene rings is 1. The molecule has 0 spiro atoms. The number of anilines is 1. The Balaban J connectivity index is 1.65. The lowest BCUT2D eigenvalue weighted by atomic mass is 10.0. The number of nitrogens with zero attached hydrogens (tertiary/aromatic N) is 1. The molecule has 0 aliphatic carbocycles. The molecular weight excluding hydrogens is 410 g/mol. The monoisotopic (exact) mass is 439 g/mol. The van der Waals surface area contributed by atoms with E-state index in [-0.39, 0.29) is 23.6 Å². The molecule has 1 atom stereocenters. The van der Waals surface area contributed by atoms with Gasteiger partial charge in [-0.15, -0.1) is 11.3 Å². The highest BCUT2D eigenvalue weighted by atomic mass is 32.1. The minimum absolute atomic E-state index is 0.119. The number of furan rings is 1. The van der Waals surface area contributed by atoms with Gasteiger partial charge in [0.2, 0.25) is 0 Å². The van der Waals surface area contributed by atoms with Gasteiger partial charge in [-0.3, -0.25) is 14.5 Å². The van der Waals surface area contributed by atoms with Crippen LogP contribution in [0.3, 0.4) is 0 Å². The summed E-state index contributed by atoms with van der Waals surface area (Å²) in [6.45, 7) is 8.55. The third kappa shape index (κ3) is 6.06. The molecule has 0 aliphatic rings. The van der Waals surface area contributed by atoms with Crippen LogP contribution in [0.25, 0.3) is 0 Å². The zero-order valence-electron chi connectivity index (χ0n) is 18.2. The number of rotatable bonds is 10. The van der Waals surface area contributed by atoms with Crippen LogP contribution in [0.5, 0.6) is 0 Å². The molecule has 1 aromatic carbocycles. The number of likely N-dealkylation sites (N-methyl/N-ethyl adjacent to an activating group) is 1. The van der Waals surface area contributed by atoms with Crippen molar-refractivity contribution in [3.8, 4) is 0 Å². The average Bonchev–Trinajstić information content (AvgIpc) is 3.43. The van der Waals surface area contributed by atoms with Crippen molar-refractivity contribution in [2.45, 2.75) is 33.2 Å². The van der Waals surface area contributed by atoms with E-state index in [0.717, 1.165) is 25.1 Å². The maximum absolute atomic E-state index is 12.9. The highest BCUT2D eigenvalue weighted by Gasteiger charge is 2.20. The fourth-order valence-corrected chi connectivity index (χ4v) is 4.58. The molecule has 31 heavy (non-hydrogen) atoms. The van der Waals surface area contributed by atoms with Gasteiger partial charge in [0.1, 0.15) is 0 Å². The molecule has 3 aromatic rings. The number of thiophene rings is 1. The van der Waals surface area contributed by atoms with E-state index in [0.29, 0.717) is 16.4 Å². The summed E-state index contributed by atoms with van der Waals surface area (Å²) in [6, 6.07) is 15.6. The topological polar surface area (TPSA) is 74.6 Å². The summed E-state index contributed by atoms with van der Waals surface area (Å²) in [7, 11) is 0. The van der Waals surface area contributed by atoms with E-state index < -0.39 is 0 Å². The molecule has 0 aliphatic heterocycles.